The van der Waals surface area contributed by atoms with Crippen molar-refractivity contribution in [1.29, 1.82) is 0 Å². The Hall–Kier alpha value is -1.64. The zero-order chi connectivity index (χ0) is 18.1. The topological polar surface area (TPSA) is 50.8 Å². The van der Waals surface area contributed by atoms with Gasteiger partial charge in [-0.3, -0.25) is 9.69 Å². The second kappa shape index (κ2) is 9.74. The van der Waals surface area contributed by atoms with E-state index in [2.05, 4.69) is 15.0 Å². The number of ether oxygens (including phenoxy) is 2. The summed E-state index contributed by atoms with van der Waals surface area (Å²) in [6.45, 7) is 2.73. The Kier molecular flexibility index (Phi) is 7.67. The van der Waals surface area contributed by atoms with E-state index in [9.17, 15) is 18.0 Å². The van der Waals surface area contributed by atoms with E-state index in [0.717, 1.165) is 44.0 Å². The second-order valence-corrected chi connectivity index (χ2v) is 5.85. The number of alkyl halides is 3. The van der Waals surface area contributed by atoms with Crippen molar-refractivity contribution in [3.05, 3.63) is 35.4 Å². The van der Waals surface area contributed by atoms with Gasteiger partial charge >= 0.3 is 6.18 Å². The van der Waals surface area contributed by atoms with Crippen molar-refractivity contribution >= 4 is 5.91 Å². The normalized spacial score (nSPS) is 16.0. The van der Waals surface area contributed by atoms with Gasteiger partial charge < -0.3 is 14.8 Å². The Morgan fingerprint density at radius 1 is 1.20 bits per heavy atom. The number of nitrogens with one attached hydrogen (secondary N) is 1. The van der Waals surface area contributed by atoms with Crippen LogP contribution < -0.4 is 5.32 Å². The van der Waals surface area contributed by atoms with Crippen LogP contribution in [0.3, 0.4) is 0 Å². The van der Waals surface area contributed by atoms with Crippen LogP contribution in [0.2, 0.25) is 0 Å². The van der Waals surface area contributed by atoms with Crippen LogP contribution in [-0.4, -0.2) is 56.5 Å². The summed E-state index contributed by atoms with van der Waals surface area (Å²) in [6.07, 6.45) is -4.46. The molecule has 0 bridgehead atoms. The van der Waals surface area contributed by atoms with Crippen molar-refractivity contribution in [1.82, 2.24) is 10.2 Å². The third-order valence-corrected chi connectivity index (χ3v) is 3.83. The highest BCUT2D eigenvalue weighted by atomic mass is 19.4. The molecule has 1 N–H and O–H groups in total. The van der Waals surface area contributed by atoms with Gasteiger partial charge in [0, 0.05) is 32.6 Å². The fourth-order valence-corrected chi connectivity index (χ4v) is 2.52. The van der Waals surface area contributed by atoms with Crippen molar-refractivity contribution in [2.24, 2.45) is 0 Å². The van der Waals surface area contributed by atoms with Gasteiger partial charge in [-0.25, -0.2) is 0 Å². The number of rotatable bonds is 8. The minimum Gasteiger partial charge on any atom is -0.379 e. The molecule has 0 unspecified atom stereocenters. The number of hydrogen-bond acceptors (Lipinski definition) is 4. The zero-order valence-electron chi connectivity index (χ0n) is 14.0. The molecule has 1 fully saturated rings. The van der Waals surface area contributed by atoms with E-state index >= 15 is 0 Å². The monoisotopic (exact) mass is 360 g/mol. The molecule has 1 saturated heterocycles. The van der Waals surface area contributed by atoms with Gasteiger partial charge in [-0.2, -0.15) is 13.2 Å². The maximum atomic E-state index is 11.9. The van der Waals surface area contributed by atoms with E-state index in [1.807, 2.05) is 24.3 Å². The number of carbonyl (C=O) groups excluding carboxylic acids is 1. The Bertz CT molecular complexity index is 546. The molecule has 1 aliphatic rings. The van der Waals surface area contributed by atoms with Crippen LogP contribution in [0.1, 0.15) is 17.5 Å². The zero-order valence-corrected chi connectivity index (χ0v) is 14.0. The third kappa shape index (κ3) is 7.85. The number of amides is 1. The first-order chi connectivity index (χ1) is 11.9. The molecular formula is C17H23F3N2O3. The Morgan fingerprint density at radius 2 is 1.88 bits per heavy atom. The number of benzene rings is 1. The van der Waals surface area contributed by atoms with Crippen LogP contribution >= 0.6 is 0 Å². The first kappa shape index (κ1) is 19.7. The first-order valence-corrected chi connectivity index (χ1v) is 8.22. The molecule has 1 aromatic carbocycles. The number of halogens is 3. The molecule has 8 heteroatoms. The van der Waals surface area contributed by atoms with Gasteiger partial charge in [-0.05, 0) is 11.1 Å². The average Bonchev–Trinajstić information content (AvgIpc) is 2.58. The number of morpholine rings is 1. The third-order valence-electron chi connectivity index (χ3n) is 3.83. The summed E-state index contributed by atoms with van der Waals surface area (Å²) in [5, 5.41) is 2.73. The Balaban J connectivity index is 1.75. The molecule has 0 atom stereocenters. The fraction of sp³-hybridized carbons (Fsp3) is 0.588. The van der Waals surface area contributed by atoms with Crippen LogP contribution in [0.15, 0.2) is 24.3 Å². The lowest BCUT2D eigenvalue weighted by Crippen LogP contribution is -2.36. The summed E-state index contributed by atoms with van der Waals surface area (Å²) in [6, 6.07) is 7.81. The van der Waals surface area contributed by atoms with Crippen LogP contribution in [-0.2, 0) is 27.4 Å². The maximum absolute atomic E-state index is 11.9. The molecule has 1 aromatic rings. The molecule has 0 saturated carbocycles. The highest BCUT2D eigenvalue weighted by molar-refractivity contribution is 5.75. The van der Waals surface area contributed by atoms with Crippen molar-refractivity contribution in [3.63, 3.8) is 0 Å². The minimum atomic E-state index is -4.37. The predicted octanol–water partition coefficient (Wildman–Crippen LogP) is 2.10. The van der Waals surface area contributed by atoms with Crippen LogP contribution in [0.25, 0.3) is 0 Å². The van der Waals surface area contributed by atoms with Gasteiger partial charge in [0.15, 0.2) is 0 Å². The maximum Gasteiger partial charge on any atom is 0.411 e. The van der Waals surface area contributed by atoms with Crippen LogP contribution in [0.5, 0.6) is 0 Å². The molecule has 0 aliphatic carbocycles. The van der Waals surface area contributed by atoms with Crippen molar-refractivity contribution in [2.75, 3.05) is 39.5 Å². The van der Waals surface area contributed by atoms with Gasteiger partial charge in [0.25, 0.3) is 0 Å². The highest BCUT2D eigenvalue weighted by Gasteiger charge is 2.27. The van der Waals surface area contributed by atoms with E-state index in [-0.39, 0.29) is 18.9 Å². The SMILES string of the molecule is O=C(CCOCC(F)(F)F)NCc1ccccc1CN1CCOCC1. The quantitative estimate of drug-likeness (QED) is 0.722. The largest absolute Gasteiger partial charge is 0.411 e. The van der Waals surface area contributed by atoms with Gasteiger partial charge in [0.05, 0.1) is 19.8 Å². The van der Waals surface area contributed by atoms with Crippen molar-refractivity contribution in [2.45, 2.75) is 25.7 Å². The smallest absolute Gasteiger partial charge is 0.379 e. The van der Waals surface area contributed by atoms with Crippen molar-refractivity contribution in [3.8, 4) is 0 Å². The summed E-state index contributed by atoms with van der Waals surface area (Å²) in [4.78, 5) is 14.0. The molecule has 1 amide bonds. The molecular weight excluding hydrogens is 337 g/mol. The van der Waals surface area contributed by atoms with E-state index in [4.69, 9.17) is 4.74 Å². The molecule has 0 spiro atoms. The molecule has 2 rings (SSSR count). The molecule has 0 aromatic heterocycles. The molecule has 0 radical (unpaired) electrons. The number of carbonyl (C=O) groups is 1. The number of nitrogens with zero attached hydrogens (tertiary/aromatic N) is 1. The standard InChI is InChI=1S/C17H23F3N2O3/c18-17(19,20)13-25-8-5-16(23)21-11-14-3-1-2-4-15(14)12-22-6-9-24-10-7-22/h1-4H,5-13H2,(H,21,23). The summed E-state index contributed by atoms with van der Waals surface area (Å²) in [5.74, 6) is -0.330. The summed E-state index contributed by atoms with van der Waals surface area (Å²) < 4.78 is 45.6. The molecule has 1 heterocycles. The number of hydrogen-bond donors (Lipinski definition) is 1. The molecule has 140 valence electrons. The second-order valence-electron chi connectivity index (χ2n) is 5.85. The van der Waals surface area contributed by atoms with E-state index in [0.29, 0.717) is 6.54 Å². The predicted molar refractivity (Wildman–Crippen MR) is 85.9 cm³/mol. The first-order valence-electron chi connectivity index (χ1n) is 8.22. The lowest BCUT2D eigenvalue weighted by atomic mass is 10.1. The Morgan fingerprint density at radius 3 is 2.56 bits per heavy atom. The van der Waals surface area contributed by atoms with E-state index in [1.54, 1.807) is 0 Å². The van der Waals surface area contributed by atoms with Crippen LogP contribution in [0, 0.1) is 0 Å². The van der Waals surface area contributed by atoms with Gasteiger partial charge in [0.2, 0.25) is 5.91 Å². The fourth-order valence-electron chi connectivity index (χ4n) is 2.52. The van der Waals surface area contributed by atoms with Crippen molar-refractivity contribution < 1.29 is 27.4 Å². The van der Waals surface area contributed by atoms with Crippen LogP contribution in [0.4, 0.5) is 13.2 Å². The average molecular weight is 360 g/mol. The lowest BCUT2D eigenvalue weighted by molar-refractivity contribution is -0.174. The van der Waals surface area contributed by atoms with E-state index in [1.165, 1.54) is 0 Å². The van der Waals surface area contributed by atoms with Gasteiger partial charge in [0.1, 0.15) is 6.61 Å². The van der Waals surface area contributed by atoms with Gasteiger partial charge in [-0.1, -0.05) is 24.3 Å². The van der Waals surface area contributed by atoms with Gasteiger partial charge in [-0.15, -0.1) is 0 Å². The summed E-state index contributed by atoms with van der Waals surface area (Å²) >= 11 is 0. The lowest BCUT2D eigenvalue weighted by Gasteiger charge is -2.27. The summed E-state index contributed by atoms with van der Waals surface area (Å²) in [5.41, 5.74) is 2.12. The molecule has 1 aliphatic heterocycles. The molecule has 5 nitrogen and oxygen atoms in total. The van der Waals surface area contributed by atoms with E-state index < -0.39 is 12.8 Å². The minimum absolute atomic E-state index is 0.0955. The summed E-state index contributed by atoms with van der Waals surface area (Å²) in [7, 11) is 0. The molecule has 25 heavy (non-hydrogen) atoms. The Labute approximate surface area is 145 Å². The highest BCUT2D eigenvalue weighted by Crippen LogP contribution is 2.15.